The standard InChI is InChI=1S/6C12H22.2C2H6.3CH3.12Y/c6*1-3-7-11(8-4-1)12-9-5-2-6-10-12;2*1-2;;;;;;;;;;;;;;;/h6*11-12H,1-10H2;2*1-2H3;3*1H3;;;;;;;;;;;;/q;;;;;;;;3*-1;;;;;;;;;;;;+3. The van der Waals surface area contributed by atoms with Crippen LogP contribution in [0.25, 0.3) is 0 Å². The molecular formula is C79H153Y12. The molecule has 0 aromatic carbocycles. The maximum absolute atomic E-state index is 2.00. The van der Waals surface area contributed by atoms with Crippen LogP contribution in [0.5, 0.6) is 0 Å². The molecule has 0 saturated heterocycles. The van der Waals surface area contributed by atoms with Gasteiger partial charge in [0, 0.05) is 360 Å². The van der Waals surface area contributed by atoms with E-state index in [4.69, 9.17) is 0 Å². The molecule has 11 radical (unpaired) electrons. The molecule has 12 aliphatic rings. The normalized spacial score (nSPS) is 23.1. The van der Waals surface area contributed by atoms with Gasteiger partial charge in [-0.25, -0.2) is 0 Å². The molecule has 91 heavy (non-hydrogen) atoms. The predicted octanol–water partition coefficient (Wildman–Crippen LogP) is 28.3. The summed E-state index contributed by atoms with van der Waals surface area (Å²) in [4.78, 5) is 0. The van der Waals surface area contributed by atoms with Crippen LogP contribution in [0.4, 0.5) is 0 Å². The summed E-state index contributed by atoms with van der Waals surface area (Å²) >= 11 is 0. The Labute approximate surface area is 880 Å². The van der Waals surface area contributed by atoms with E-state index in [9.17, 15) is 0 Å². The van der Waals surface area contributed by atoms with Crippen molar-refractivity contribution >= 4 is 0 Å². The van der Waals surface area contributed by atoms with E-state index in [0.29, 0.717) is 0 Å². The molecule has 0 aromatic heterocycles. The first-order valence-corrected chi connectivity index (χ1v) is 37.8. The molecule has 0 aliphatic heterocycles. The molecular weight excluding hydrogens is 2020 g/mol. The van der Waals surface area contributed by atoms with Crippen LogP contribution in [-0.2, 0) is 393 Å². The fourth-order valence-electron chi connectivity index (χ4n) is 19.3. The molecule has 12 heteroatoms. The van der Waals surface area contributed by atoms with Crippen LogP contribution in [0.15, 0.2) is 0 Å². The van der Waals surface area contributed by atoms with Crippen LogP contribution >= 0.6 is 0 Å². The molecule has 0 nitrogen and oxygen atoms in total. The van der Waals surface area contributed by atoms with Crippen LogP contribution in [0.3, 0.4) is 0 Å². The fraction of sp³-hybridized carbons (Fsp3) is 0.962. The van der Waals surface area contributed by atoms with Crippen LogP contribution in [0.1, 0.15) is 413 Å². The minimum atomic E-state index is 0. The summed E-state index contributed by atoms with van der Waals surface area (Å²) in [6, 6.07) is 0. The fourth-order valence-corrected chi connectivity index (χ4v) is 19.3. The summed E-state index contributed by atoms with van der Waals surface area (Å²) < 4.78 is 0. The van der Waals surface area contributed by atoms with Gasteiger partial charge in [-0.05, 0) is 71.0 Å². The van der Waals surface area contributed by atoms with Gasteiger partial charge >= 0.3 is 32.7 Å². The smallest absolute Gasteiger partial charge is 0.358 e. The molecule has 12 aliphatic carbocycles. The second-order valence-electron chi connectivity index (χ2n) is 28.8. The summed E-state index contributed by atoms with van der Waals surface area (Å²) in [6.45, 7) is 8.00. The molecule has 0 atom stereocenters. The van der Waals surface area contributed by atoms with Crippen molar-refractivity contribution in [2.24, 2.45) is 71.0 Å². The molecule has 505 valence electrons. The van der Waals surface area contributed by atoms with Gasteiger partial charge in [0.25, 0.3) is 0 Å². The van der Waals surface area contributed by atoms with Crippen molar-refractivity contribution in [1.82, 2.24) is 0 Å². The summed E-state index contributed by atoms with van der Waals surface area (Å²) in [5, 5.41) is 0. The zero-order chi connectivity index (χ0) is 53.4. The van der Waals surface area contributed by atoms with E-state index in [1.54, 1.807) is 154 Å². The Balaban J connectivity index is -0.0000000898. The molecule has 12 fully saturated rings. The molecule has 0 spiro atoms. The topological polar surface area (TPSA) is 0 Å². The van der Waals surface area contributed by atoms with E-state index in [0.717, 1.165) is 71.0 Å². The van der Waals surface area contributed by atoms with Crippen molar-refractivity contribution in [3.63, 3.8) is 0 Å². The second-order valence-corrected chi connectivity index (χ2v) is 28.8. The number of hydrogen-bond acceptors (Lipinski definition) is 0. The van der Waals surface area contributed by atoms with Gasteiger partial charge in [0.05, 0.1) is 0 Å². The number of hydrogen-bond donors (Lipinski definition) is 0. The van der Waals surface area contributed by atoms with Gasteiger partial charge in [0.2, 0.25) is 0 Å². The van der Waals surface area contributed by atoms with E-state index < -0.39 is 0 Å². The van der Waals surface area contributed by atoms with E-state index in [2.05, 4.69) is 0 Å². The van der Waals surface area contributed by atoms with Crippen LogP contribution in [0.2, 0.25) is 0 Å². The van der Waals surface area contributed by atoms with Crippen molar-refractivity contribution in [2.45, 2.75) is 413 Å². The second kappa shape index (κ2) is 90.4. The first kappa shape index (κ1) is 128. The van der Waals surface area contributed by atoms with E-state index in [1.807, 2.05) is 27.7 Å². The first-order valence-electron chi connectivity index (χ1n) is 37.8. The molecule has 0 heterocycles. The van der Waals surface area contributed by atoms with Gasteiger partial charge in [-0.15, -0.1) is 0 Å². The van der Waals surface area contributed by atoms with Gasteiger partial charge < -0.3 is 22.3 Å². The SMILES string of the molecule is C1CCC(C2CCCCC2)CC1.C1CCC(C2CCCCC2)CC1.C1CCC(C2CCCCC2)CC1.C1CCC(C2CCCCC2)CC1.C1CCC(C2CCCCC2)CC1.C1CCC(C2CCCCC2)CC1.CC.CC.[CH3-].[CH3-].[CH3-].[Y+3].[Y].[Y].[Y].[Y].[Y].[Y].[Y].[Y].[Y].[Y].[Y]. The number of rotatable bonds is 6. The summed E-state index contributed by atoms with van der Waals surface area (Å²) in [5.41, 5.74) is 0. The van der Waals surface area contributed by atoms with Crippen LogP contribution in [0, 0.1) is 93.3 Å². The van der Waals surface area contributed by atoms with E-state index in [-0.39, 0.29) is 415 Å². The molecule has 0 unspecified atom stereocenters. The zero-order valence-corrected chi connectivity index (χ0v) is 97.3. The third-order valence-corrected chi connectivity index (χ3v) is 23.8. The van der Waals surface area contributed by atoms with E-state index >= 15 is 0 Å². The Kier molecular flexibility index (Phi) is 127. The molecule has 0 N–H and O–H groups in total. The predicted molar refractivity (Wildman–Crippen MR) is 361 cm³/mol. The first-order chi connectivity index (χ1) is 37.8. The zero-order valence-electron chi connectivity index (χ0n) is 63.3. The molecule has 0 bridgehead atoms. The van der Waals surface area contributed by atoms with Crippen LogP contribution in [-0.4, -0.2) is 0 Å². The quantitative estimate of drug-likeness (QED) is 0.233. The van der Waals surface area contributed by atoms with Crippen molar-refractivity contribution < 1.29 is 393 Å². The third kappa shape index (κ3) is 59.6. The van der Waals surface area contributed by atoms with Gasteiger partial charge in [-0.2, -0.15) is 0 Å². The van der Waals surface area contributed by atoms with Crippen molar-refractivity contribution in [1.29, 1.82) is 0 Å². The monoisotopic (exact) mass is 2170 g/mol. The van der Waals surface area contributed by atoms with Crippen LogP contribution < -0.4 is 0 Å². The van der Waals surface area contributed by atoms with Gasteiger partial charge in [-0.1, -0.05) is 413 Å². The molecule has 0 aromatic rings. The minimum Gasteiger partial charge on any atom is -0.358 e. The Morgan fingerprint density at radius 3 is 0.198 bits per heavy atom. The summed E-state index contributed by atoms with van der Waals surface area (Å²) in [7, 11) is 0. The summed E-state index contributed by atoms with van der Waals surface area (Å²) in [6.07, 6.45) is 92.3. The van der Waals surface area contributed by atoms with Gasteiger partial charge in [0.1, 0.15) is 0 Å². The maximum atomic E-state index is 2.00. The summed E-state index contributed by atoms with van der Waals surface area (Å²) in [5.74, 6) is 13.7. The van der Waals surface area contributed by atoms with Crippen molar-refractivity contribution in [3.8, 4) is 0 Å². The Bertz CT molecular complexity index is 899. The van der Waals surface area contributed by atoms with Crippen molar-refractivity contribution in [2.75, 3.05) is 0 Å². The molecule has 0 amide bonds. The Morgan fingerprint density at radius 2 is 0.154 bits per heavy atom. The third-order valence-electron chi connectivity index (χ3n) is 23.8. The Hall–Kier alpha value is 13.2. The average Bonchev–Trinajstić information content (AvgIpc) is 3.55. The average molecular weight is 2170 g/mol. The van der Waals surface area contributed by atoms with Gasteiger partial charge in [0.15, 0.2) is 0 Å². The largest absolute Gasteiger partial charge is 3.00 e. The van der Waals surface area contributed by atoms with Crippen molar-refractivity contribution in [3.05, 3.63) is 22.3 Å². The molecule has 12 rings (SSSR count). The Morgan fingerprint density at radius 1 is 0.110 bits per heavy atom. The maximum Gasteiger partial charge on any atom is 3.00 e. The van der Waals surface area contributed by atoms with Gasteiger partial charge in [-0.3, -0.25) is 0 Å². The minimum absolute atomic E-state index is 0. The van der Waals surface area contributed by atoms with E-state index in [1.165, 1.54) is 231 Å². The molecule has 12 saturated carbocycles.